The topological polar surface area (TPSA) is 91.0 Å². The van der Waals surface area contributed by atoms with E-state index in [1.807, 2.05) is 11.9 Å². The maximum absolute atomic E-state index is 12.6. The maximum atomic E-state index is 12.6. The molecule has 1 saturated heterocycles. The molecule has 0 bridgehead atoms. The van der Waals surface area contributed by atoms with Crippen molar-refractivity contribution < 1.29 is 4.79 Å². The van der Waals surface area contributed by atoms with Gasteiger partial charge in [0, 0.05) is 48.3 Å². The minimum Gasteiger partial charge on any atom is -0.341 e. The number of hydrogen-bond acceptors (Lipinski definition) is 5. The van der Waals surface area contributed by atoms with E-state index in [0.717, 1.165) is 24.9 Å². The van der Waals surface area contributed by atoms with Crippen LogP contribution in [0.25, 0.3) is 11.4 Å². The Bertz CT molecular complexity index is 803. The van der Waals surface area contributed by atoms with Gasteiger partial charge in [0.05, 0.1) is 6.42 Å². The van der Waals surface area contributed by atoms with Crippen LogP contribution >= 0.6 is 0 Å². The highest BCUT2D eigenvalue weighted by atomic mass is 16.2. The zero-order chi connectivity index (χ0) is 17.8. The molecule has 2 aromatic heterocycles. The number of likely N-dealkylation sites (tertiary alicyclic amines) is 1. The van der Waals surface area contributed by atoms with Crippen molar-refractivity contribution in [2.45, 2.75) is 32.2 Å². The number of aryl methyl sites for hydroxylation is 1. The van der Waals surface area contributed by atoms with Crippen LogP contribution in [0.15, 0.2) is 29.3 Å². The molecule has 132 valence electrons. The maximum Gasteiger partial charge on any atom is 0.255 e. The lowest BCUT2D eigenvalue weighted by Gasteiger charge is -2.32. The van der Waals surface area contributed by atoms with Gasteiger partial charge >= 0.3 is 0 Å². The van der Waals surface area contributed by atoms with Crippen LogP contribution in [0.2, 0.25) is 0 Å². The molecule has 1 atom stereocenters. The summed E-state index contributed by atoms with van der Waals surface area (Å²) in [5.74, 6) is 0.473. The predicted molar refractivity (Wildman–Crippen MR) is 95.2 cm³/mol. The molecule has 2 N–H and O–H groups in total. The van der Waals surface area contributed by atoms with Crippen molar-refractivity contribution >= 4 is 5.91 Å². The molecule has 1 amide bonds. The molecule has 0 saturated carbocycles. The van der Waals surface area contributed by atoms with Gasteiger partial charge in [-0.15, -0.1) is 0 Å². The summed E-state index contributed by atoms with van der Waals surface area (Å²) in [6.45, 7) is 3.21. The lowest BCUT2D eigenvalue weighted by atomic mass is 10.0. The fourth-order valence-corrected chi connectivity index (χ4v) is 3.17. The average Bonchev–Trinajstić information content (AvgIpc) is 2.65. The normalized spacial score (nSPS) is 17.5. The number of amides is 1. The minimum atomic E-state index is -0.255. The third-order valence-electron chi connectivity index (χ3n) is 4.69. The number of pyridine rings is 1. The van der Waals surface area contributed by atoms with E-state index in [9.17, 15) is 9.59 Å². The van der Waals surface area contributed by atoms with Crippen molar-refractivity contribution in [1.29, 1.82) is 0 Å². The van der Waals surface area contributed by atoms with Gasteiger partial charge in [0.1, 0.15) is 5.82 Å². The van der Waals surface area contributed by atoms with Crippen LogP contribution in [-0.4, -0.2) is 51.9 Å². The molecule has 0 aromatic carbocycles. The molecule has 7 heteroatoms. The quantitative estimate of drug-likeness (QED) is 0.862. The second-order valence-corrected chi connectivity index (χ2v) is 6.36. The number of nitrogens with zero attached hydrogens (tertiary/aromatic N) is 3. The van der Waals surface area contributed by atoms with E-state index in [-0.39, 0.29) is 17.9 Å². The van der Waals surface area contributed by atoms with E-state index in [2.05, 4.69) is 20.3 Å². The van der Waals surface area contributed by atoms with Crippen molar-refractivity contribution in [2.75, 3.05) is 20.1 Å². The van der Waals surface area contributed by atoms with Gasteiger partial charge in [0.2, 0.25) is 5.91 Å². The highest BCUT2D eigenvalue weighted by Gasteiger charge is 2.24. The fourth-order valence-electron chi connectivity index (χ4n) is 3.17. The van der Waals surface area contributed by atoms with E-state index >= 15 is 0 Å². The molecular weight excluding hydrogens is 318 g/mol. The number of hydrogen-bond donors (Lipinski definition) is 2. The van der Waals surface area contributed by atoms with Crippen molar-refractivity contribution in [3.05, 3.63) is 46.1 Å². The van der Waals surface area contributed by atoms with Gasteiger partial charge in [0.25, 0.3) is 5.56 Å². The first-order valence-corrected chi connectivity index (χ1v) is 8.53. The molecule has 0 spiro atoms. The number of H-pyrrole nitrogens is 1. The van der Waals surface area contributed by atoms with Crippen LogP contribution in [0.4, 0.5) is 0 Å². The van der Waals surface area contributed by atoms with Gasteiger partial charge in [-0.3, -0.25) is 14.6 Å². The monoisotopic (exact) mass is 341 g/mol. The highest BCUT2D eigenvalue weighted by Crippen LogP contribution is 2.15. The molecule has 1 aliphatic rings. The number of rotatable bonds is 4. The van der Waals surface area contributed by atoms with Crippen LogP contribution in [-0.2, 0) is 11.2 Å². The number of piperidine rings is 1. The summed E-state index contributed by atoms with van der Waals surface area (Å²) in [6.07, 6.45) is 5.43. The highest BCUT2D eigenvalue weighted by molar-refractivity contribution is 5.79. The van der Waals surface area contributed by atoms with Gasteiger partial charge in [0.15, 0.2) is 0 Å². The van der Waals surface area contributed by atoms with E-state index in [0.29, 0.717) is 29.7 Å². The van der Waals surface area contributed by atoms with Crippen molar-refractivity contribution in [3.8, 4) is 11.4 Å². The Labute approximate surface area is 146 Å². The largest absolute Gasteiger partial charge is 0.341 e. The Balaban J connectivity index is 1.79. The lowest BCUT2D eigenvalue weighted by molar-refractivity contribution is -0.131. The molecule has 3 heterocycles. The molecule has 25 heavy (non-hydrogen) atoms. The van der Waals surface area contributed by atoms with Crippen molar-refractivity contribution in [2.24, 2.45) is 0 Å². The molecular formula is C18H23N5O2. The summed E-state index contributed by atoms with van der Waals surface area (Å²) in [7, 11) is 1.91. The lowest BCUT2D eigenvalue weighted by Crippen LogP contribution is -2.47. The van der Waals surface area contributed by atoms with Gasteiger partial charge < -0.3 is 15.2 Å². The van der Waals surface area contributed by atoms with E-state index in [4.69, 9.17) is 0 Å². The van der Waals surface area contributed by atoms with Crippen LogP contribution in [0.1, 0.15) is 24.1 Å². The first kappa shape index (κ1) is 17.3. The zero-order valence-electron chi connectivity index (χ0n) is 14.6. The fraction of sp³-hybridized carbons (Fsp3) is 0.444. The second kappa shape index (κ2) is 7.57. The Morgan fingerprint density at radius 1 is 1.40 bits per heavy atom. The van der Waals surface area contributed by atoms with Crippen molar-refractivity contribution in [3.63, 3.8) is 0 Å². The number of likely N-dealkylation sites (N-methyl/N-ethyl adjacent to an activating group) is 1. The Morgan fingerprint density at radius 2 is 2.16 bits per heavy atom. The average molecular weight is 341 g/mol. The third kappa shape index (κ3) is 3.93. The molecule has 1 unspecified atom stereocenters. The zero-order valence-corrected chi connectivity index (χ0v) is 14.6. The molecule has 1 aliphatic heterocycles. The Kier molecular flexibility index (Phi) is 5.23. The Morgan fingerprint density at radius 3 is 2.84 bits per heavy atom. The van der Waals surface area contributed by atoms with Gasteiger partial charge in [-0.25, -0.2) is 4.98 Å². The summed E-state index contributed by atoms with van der Waals surface area (Å²) >= 11 is 0. The number of carbonyl (C=O) groups excluding carboxylic acids is 1. The van der Waals surface area contributed by atoms with E-state index < -0.39 is 0 Å². The first-order valence-electron chi connectivity index (χ1n) is 8.53. The van der Waals surface area contributed by atoms with Crippen molar-refractivity contribution in [1.82, 2.24) is 25.2 Å². The third-order valence-corrected chi connectivity index (χ3v) is 4.69. The molecule has 7 nitrogen and oxygen atoms in total. The summed E-state index contributed by atoms with van der Waals surface area (Å²) in [5, 5.41) is 3.22. The molecule has 1 fully saturated rings. The van der Waals surface area contributed by atoms with Gasteiger partial charge in [-0.1, -0.05) is 0 Å². The second-order valence-electron chi connectivity index (χ2n) is 6.36. The standard InChI is InChI=1S/C18H23N5O2/c1-12-15(10-16(24)23-9-3-4-14(11-23)19-2)18(25)22-17(21-12)13-5-7-20-8-6-13/h5-8,14,19H,3-4,9-11H2,1-2H3,(H,21,22,25). The smallest absolute Gasteiger partial charge is 0.255 e. The molecule has 0 aliphatic carbocycles. The summed E-state index contributed by atoms with van der Waals surface area (Å²) in [4.78, 5) is 38.1. The van der Waals surface area contributed by atoms with Crippen LogP contribution in [0.5, 0.6) is 0 Å². The van der Waals surface area contributed by atoms with Gasteiger partial charge in [-0.2, -0.15) is 0 Å². The van der Waals surface area contributed by atoms with Crippen LogP contribution in [0.3, 0.4) is 0 Å². The SMILES string of the molecule is CNC1CCCN(C(=O)Cc2c(C)nc(-c3ccncc3)[nH]c2=O)C1. The number of nitrogens with one attached hydrogen (secondary N) is 2. The molecule has 0 radical (unpaired) electrons. The summed E-state index contributed by atoms with van der Waals surface area (Å²) in [5.41, 5.74) is 1.57. The molecule has 3 rings (SSSR count). The van der Waals surface area contributed by atoms with Crippen LogP contribution in [0, 0.1) is 6.92 Å². The van der Waals surface area contributed by atoms with E-state index in [1.54, 1.807) is 31.5 Å². The summed E-state index contributed by atoms with van der Waals surface area (Å²) < 4.78 is 0. The minimum absolute atomic E-state index is 0.0213. The Hall–Kier alpha value is -2.54. The number of aromatic nitrogens is 3. The predicted octanol–water partition coefficient (Wildman–Crippen LogP) is 0.893. The summed E-state index contributed by atoms with van der Waals surface area (Å²) in [6, 6.07) is 3.90. The van der Waals surface area contributed by atoms with E-state index in [1.165, 1.54) is 0 Å². The molecule has 2 aromatic rings. The first-order chi connectivity index (χ1) is 12.1. The number of aromatic amines is 1. The van der Waals surface area contributed by atoms with Gasteiger partial charge in [-0.05, 0) is 38.9 Å². The number of carbonyl (C=O) groups is 1. The van der Waals surface area contributed by atoms with Crippen LogP contribution < -0.4 is 10.9 Å².